The largest absolute Gasteiger partial charge is 0.337 e. The number of benzene rings is 1. The molecule has 0 radical (unpaired) electrons. The first-order valence-corrected chi connectivity index (χ1v) is 9.99. The van der Waals surface area contributed by atoms with Crippen molar-refractivity contribution in [3.8, 4) is 11.4 Å². The summed E-state index contributed by atoms with van der Waals surface area (Å²) in [6.45, 7) is 4.32. The summed E-state index contributed by atoms with van der Waals surface area (Å²) in [4.78, 5) is 24.4. The van der Waals surface area contributed by atoms with Gasteiger partial charge in [-0.3, -0.25) is 14.5 Å². The van der Waals surface area contributed by atoms with Crippen molar-refractivity contribution in [3.63, 3.8) is 0 Å². The Balaban J connectivity index is 1.83. The van der Waals surface area contributed by atoms with Crippen LogP contribution in [0.1, 0.15) is 27.2 Å². The van der Waals surface area contributed by atoms with Gasteiger partial charge >= 0.3 is 0 Å². The third kappa shape index (κ3) is 3.66. The van der Waals surface area contributed by atoms with Crippen molar-refractivity contribution >= 4 is 28.4 Å². The zero-order chi connectivity index (χ0) is 21.4. The molecule has 7 heteroatoms. The van der Waals surface area contributed by atoms with Crippen LogP contribution in [-0.2, 0) is 13.6 Å². The van der Waals surface area contributed by atoms with E-state index in [9.17, 15) is 4.79 Å². The summed E-state index contributed by atoms with van der Waals surface area (Å²) in [5.74, 6) is -0.0930. The molecule has 0 saturated heterocycles. The Kier molecular flexibility index (Phi) is 5.26. The van der Waals surface area contributed by atoms with Crippen molar-refractivity contribution in [2.45, 2.75) is 20.4 Å². The Labute approximate surface area is 180 Å². The second kappa shape index (κ2) is 7.88. The molecule has 30 heavy (non-hydrogen) atoms. The van der Waals surface area contributed by atoms with Crippen LogP contribution in [0.4, 0.5) is 0 Å². The maximum absolute atomic E-state index is 13.5. The Bertz CT molecular complexity index is 1250. The number of carbonyl (C=O) groups is 1. The van der Waals surface area contributed by atoms with E-state index in [2.05, 4.69) is 10.1 Å². The third-order valence-electron chi connectivity index (χ3n) is 5.20. The lowest BCUT2D eigenvalue weighted by molar-refractivity contribution is 0.0787. The molecule has 0 fully saturated rings. The molecule has 0 aliphatic carbocycles. The van der Waals surface area contributed by atoms with Crippen molar-refractivity contribution in [1.29, 1.82) is 0 Å². The minimum Gasteiger partial charge on any atom is -0.337 e. The number of halogens is 1. The number of aryl methyl sites for hydroxylation is 3. The molecular weight excluding hydrogens is 398 g/mol. The van der Waals surface area contributed by atoms with Crippen molar-refractivity contribution < 1.29 is 4.79 Å². The standard InChI is InChI=1S/C23H22ClN5O/c1-14-19(24)9-8-17-18(11-21(26-22(14)17)20-7-5-6-10-25-20)23(30)28(3)12-16-13-29(4)27-15(16)2/h5-11,13H,12H2,1-4H3. The van der Waals surface area contributed by atoms with E-state index in [-0.39, 0.29) is 5.91 Å². The van der Waals surface area contributed by atoms with Crippen LogP contribution in [0.2, 0.25) is 5.02 Å². The molecular formula is C23H22ClN5O. The molecule has 0 saturated carbocycles. The summed E-state index contributed by atoms with van der Waals surface area (Å²) in [6.07, 6.45) is 3.65. The van der Waals surface area contributed by atoms with Crippen LogP contribution >= 0.6 is 11.6 Å². The molecule has 0 aliphatic heterocycles. The van der Waals surface area contributed by atoms with Crippen molar-refractivity contribution in [3.05, 3.63) is 76.2 Å². The van der Waals surface area contributed by atoms with Crippen LogP contribution < -0.4 is 0 Å². The summed E-state index contributed by atoms with van der Waals surface area (Å²) in [5.41, 5.74) is 5.39. The second-order valence-electron chi connectivity index (χ2n) is 7.41. The normalized spacial score (nSPS) is 11.1. The number of hydrogen-bond donors (Lipinski definition) is 0. The van der Waals surface area contributed by atoms with Gasteiger partial charge in [0.2, 0.25) is 0 Å². The predicted molar refractivity (Wildman–Crippen MR) is 118 cm³/mol. The van der Waals surface area contributed by atoms with Gasteiger partial charge in [-0.25, -0.2) is 4.98 Å². The minimum atomic E-state index is -0.0930. The van der Waals surface area contributed by atoms with E-state index in [1.54, 1.807) is 22.8 Å². The fourth-order valence-electron chi connectivity index (χ4n) is 3.56. The molecule has 152 valence electrons. The van der Waals surface area contributed by atoms with Gasteiger partial charge in [-0.1, -0.05) is 23.7 Å². The minimum absolute atomic E-state index is 0.0930. The van der Waals surface area contributed by atoms with Gasteiger partial charge in [0.1, 0.15) is 0 Å². The van der Waals surface area contributed by atoms with Crippen molar-refractivity contribution in [2.24, 2.45) is 7.05 Å². The lowest BCUT2D eigenvalue weighted by atomic mass is 10.0. The fraction of sp³-hybridized carbons (Fsp3) is 0.217. The molecule has 4 aromatic rings. The Morgan fingerprint density at radius 2 is 1.97 bits per heavy atom. The zero-order valence-electron chi connectivity index (χ0n) is 17.3. The number of nitrogens with zero attached hydrogens (tertiary/aromatic N) is 5. The molecule has 3 aromatic heterocycles. The molecule has 4 rings (SSSR count). The SMILES string of the molecule is Cc1nn(C)cc1CN(C)C(=O)c1cc(-c2ccccn2)nc2c(C)c(Cl)ccc12. The smallest absolute Gasteiger partial charge is 0.254 e. The summed E-state index contributed by atoms with van der Waals surface area (Å²) in [7, 11) is 3.67. The first-order chi connectivity index (χ1) is 14.3. The zero-order valence-corrected chi connectivity index (χ0v) is 18.1. The summed E-state index contributed by atoms with van der Waals surface area (Å²) in [5, 5.41) is 5.76. The molecule has 0 atom stereocenters. The quantitative estimate of drug-likeness (QED) is 0.486. The Morgan fingerprint density at radius 3 is 2.63 bits per heavy atom. The molecule has 0 N–H and O–H groups in total. The first-order valence-electron chi connectivity index (χ1n) is 9.61. The number of amides is 1. The van der Waals surface area contributed by atoms with E-state index in [0.717, 1.165) is 22.2 Å². The topological polar surface area (TPSA) is 63.9 Å². The van der Waals surface area contributed by atoms with Gasteiger partial charge < -0.3 is 4.90 Å². The molecule has 0 aliphatic rings. The van der Waals surface area contributed by atoms with E-state index in [1.807, 2.05) is 63.5 Å². The molecule has 0 spiro atoms. The Morgan fingerprint density at radius 1 is 1.17 bits per heavy atom. The van der Waals surface area contributed by atoms with E-state index < -0.39 is 0 Å². The number of rotatable bonds is 4. The number of hydrogen-bond acceptors (Lipinski definition) is 4. The Hall–Kier alpha value is -3.25. The average Bonchev–Trinajstić information content (AvgIpc) is 3.06. The summed E-state index contributed by atoms with van der Waals surface area (Å²) < 4.78 is 1.76. The number of fused-ring (bicyclic) bond motifs is 1. The van der Waals surface area contributed by atoms with Crippen molar-refractivity contribution in [2.75, 3.05) is 7.05 Å². The summed E-state index contributed by atoms with van der Waals surface area (Å²) >= 11 is 6.35. The number of aromatic nitrogens is 4. The van der Waals surface area contributed by atoms with E-state index >= 15 is 0 Å². The second-order valence-corrected chi connectivity index (χ2v) is 7.82. The highest BCUT2D eigenvalue weighted by Crippen LogP contribution is 2.30. The average molecular weight is 420 g/mol. The fourth-order valence-corrected chi connectivity index (χ4v) is 3.72. The molecule has 6 nitrogen and oxygen atoms in total. The maximum Gasteiger partial charge on any atom is 0.254 e. The molecule has 0 unspecified atom stereocenters. The van der Waals surface area contributed by atoms with Gasteiger partial charge in [0.25, 0.3) is 5.91 Å². The molecule has 0 bridgehead atoms. The lowest BCUT2D eigenvalue weighted by Gasteiger charge is -2.19. The van der Waals surface area contributed by atoms with Crippen LogP contribution in [0, 0.1) is 13.8 Å². The number of pyridine rings is 2. The predicted octanol–water partition coefficient (Wildman–Crippen LogP) is 4.57. The summed E-state index contributed by atoms with van der Waals surface area (Å²) in [6, 6.07) is 11.1. The van der Waals surface area contributed by atoms with Gasteiger partial charge in [-0.15, -0.1) is 0 Å². The van der Waals surface area contributed by atoms with Crippen molar-refractivity contribution in [1.82, 2.24) is 24.6 Å². The van der Waals surface area contributed by atoms with Gasteiger partial charge in [-0.2, -0.15) is 5.10 Å². The molecule has 1 aromatic carbocycles. The van der Waals surface area contributed by atoms with Crippen LogP contribution in [0.25, 0.3) is 22.3 Å². The van der Waals surface area contributed by atoms with Gasteiger partial charge in [0.05, 0.1) is 28.2 Å². The maximum atomic E-state index is 13.5. The van der Waals surface area contributed by atoms with Crippen LogP contribution in [0.15, 0.2) is 48.8 Å². The van der Waals surface area contributed by atoms with Crippen LogP contribution in [-0.4, -0.2) is 37.6 Å². The monoisotopic (exact) mass is 419 g/mol. The van der Waals surface area contributed by atoms with Gasteiger partial charge in [0.15, 0.2) is 0 Å². The lowest BCUT2D eigenvalue weighted by Crippen LogP contribution is -2.26. The highest BCUT2D eigenvalue weighted by molar-refractivity contribution is 6.32. The highest BCUT2D eigenvalue weighted by atomic mass is 35.5. The van der Waals surface area contributed by atoms with Crippen LogP contribution in [0.5, 0.6) is 0 Å². The molecule has 1 amide bonds. The van der Waals surface area contributed by atoms with Crippen LogP contribution in [0.3, 0.4) is 0 Å². The third-order valence-corrected chi connectivity index (χ3v) is 5.60. The highest BCUT2D eigenvalue weighted by Gasteiger charge is 2.20. The van der Waals surface area contributed by atoms with Gasteiger partial charge in [-0.05, 0) is 43.7 Å². The number of carbonyl (C=O) groups excluding carboxylic acids is 1. The van der Waals surface area contributed by atoms with E-state index in [1.165, 1.54) is 0 Å². The van der Waals surface area contributed by atoms with Gasteiger partial charge in [0, 0.05) is 49.0 Å². The van der Waals surface area contributed by atoms with E-state index in [0.29, 0.717) is 34.0 Å². The molecule has 3 heterocycles. The van der Waals surface area contributed by atoms with E-state index in [4.69, 9.17) is 16.6 Å². The first kappa shape index (κ1) is 20.0.